The number of nitrogen functional groups attached to an aromatic ring is 1. The van der Waals surface area contributed by atoms with Crippen LogP contribution in [0.15, 0.2) is 24.3 Å². The average Bonchev–Trinajstić information content (AvgIpc) is 2.42. The lowest BCUT2D eigenvalue weighted by Gasteiger charge is -2.16. The molecule has 0 atom stereocenters. The van der Waals surface area contributed by atoms with Crippen molar-refractivity contribution < 1.29 is 0 Å². The molecular formula is C17H19N3. The molecule has 0 aliphatic carbocycles. The number of hydrogen-bond acceptors (Lipinski definition) is 3. The van der Waals surface area contributed by atoms with Gasteiger partial charge in [-0.15, -0.1) is 0 Å². The van der Waals surface area contributed by atoms with E-state index in [2.05, 4.69) is 31.0 Å². The van der Waals surface area contributed by atoms with Gasteiger partial charge >= 0.3 is 0 Å². The molecule has 0 aliphatic heterocycles. The Hall–Kier alpha value is -2.34. The third kappa shape index (κ3) is 2.37. The van der Waals surface area contributed by atoms with E-state index in [1.165, 1.54) is 0 Å². The number of nitrogens with two attached hydrogens (primary N) is 1. The number of aromatic nitrogens is 1. The SMILES string of the molecule is CCCc1c(C)nc(N)c(C#N)c1-c1ccccc1C. The summed E-state index contributed by atoms with van der Waals surface area (Å²) in [5, 5.41) is 9.47. The summed E-state index contributed by atoms with van der Waals surface area (Å²) in [7, 11) is 0. The second kappa shape index (κ2) is 5.75. The number of anilines is 1. The Morgan fingerprint density at radius 2 is 1.95 bits per heavy atom. The van der Waals surface area contributed by atoms with Gasteiger partial charge in [0.25, 0.3) is 0 Å². The first-order valence-electron chi connectivity index (χ1n) is 6.85. The first-order valence-corrected chi connectivity index (χ1v) is 6.85. The Kier molecular flexibility index (Phi) is 4.05. The monoisotopic (exact) mass is 265 g/mol. The summed E-state index contributed by atoms with van der Waals surface area (Å²) in [5.74, 6) is 0.322. The lowest BCUT2D eigenvalue weighted by molar-refractivity contribution is 0.900. The van der Waals surface area contributed by atoms with Gasteiger partial charge in [-0.1, -0.05) is 37.6 Å². The molecule has 0 radical (unpaired) electrons. The topological polar surface area (TPSA) is 62.7 Å². The van der Waals surface area contributed by atoms with Crippen molar-refractivity contribution in [2.45, 2.75) is 33.6 Å². The molecule has 1 aromatic carbocycles. The minimum Gasteiger partial charge on any atom is -0.383 e. The maximum atomic E-state index is 9.47. The van der Waals surface area contributed by atoms with Gasteiger partial charge in [0.2, 0.25) is 0 Å². The van der Waals surface area contributed by atoms with E-state index in [4.69, 9.17) is 5.73 Å². The van der Waals surface area contributed by atoms with Crippen molar-refractivity contribution in [2.75, 3.05) is 5.73 Å². The quantitative estimate of drug-likeness (QED) is 0.918. The molecule has 20 heavy (non-hydrogen) atoms. The van der Waals surface area contributed by atoms with E-state index < -0.39 is 0 Å². The molecule has 0 fully saturated rings. The molecule has 0 unspecified atom stereocenters. The number of benzene rings is 1. The van der Waals surface area contributed by atoms with Gasteiger partial charge in [-0.25, -0.2) is 4.98 Å². The summed E-state index contributed by atoms with van der Waals surface area (Å²) >= 11 is 0. The van der Waals surface area contributed by atoms with Crippen LogP contribution in [0.5, 0.6) is 0 Å². The molecule has 1 aromatic heterocycles. The molecular weight excluding hydrogens is 246 g/mol. The van der Waals surface area contributed by atoms with Gasteiger partial charge in [0, 0.05) is 11.3 Å². The summed E-state index contributed by atoms with van der Waals surface area (Å²) in [5.41, 5.74) is 11.7. The van der Waals surface area contributed by atoms with Crippen LogP contribution in [0.1, 0.15) is 35.7 Å². The molecule has 0 aliphatic rings. The third-order valence-electron chi connectivity index (χ3n) is 3.56. The van der Waals surface area contributed by atoms with Gasteiger partial charge < -0.3 is 5.73 Å². The highest BCUT2D eigenvalue weighted by Gasteiger charge is 2.18. The van der Waals surface area contributed by atoms with E-state index in [9.17, 15) is 5.26 Å². The lowest BCUT2D eigenvalue weighted by atomic mass is 9.90. The van der Waals surface area contributed by atoms with Crippen LogP contribution in [-0.4, -0.2) is 4.98 Å². The highest BCUT2D eigenvalue weighted by Crippen LogP contribution is 2.34. The maximum Gasteiger partial charge on any atom is 0.142 e. The van der Waals surface area contributed by atoms with Crippen molar-refractivity contribution in [1.29, 1.82) is 5.26 Å². The summed E-state index contributed by atoms with van der Waals surface area (Å²) in [6.45, 7) is 6.14. The third-order valence-corrected chi connectivity index (χ3v) is 3.56. The summed E-state index contributed by atoms with van der Waals surface area (Å²) in [6, 6.07) is 10.3. The van der Waals surface area contributed by atoms with E-state index in [0.717, 1.165) is 40.8 Å². The van der Waals surface area contributed by atoms with E-state index in [1.807, 2.05) is 25.1 Å². The fourth-order valence-electron chi connectivity index (χ4n) is 2.58. The van der Waals surface area contributed by atoms with E-state index in [-0.39, 0.29) is 0 Å². The van der Waals surface area contributed by atoms with Gasteiger partial charge in [-0.05, 0) is 37.0 Å². The maximum absolute atomic E-state index is 9.47. The predicted octanol–water partition coefficient (Wildman–Crippen LogP) is 3.77. The number of nitrogens with zero attached hydrogens (tertiary/aromatic N) is 2. The highest BCUT2D eigenvalue weighted by molar-refractivity contribution is 5.80. The predicted molar refractivity (Wildman–Crippen MR) is 82.3 cm³/mol. The largest absolute Gasteiger partial charge is 0.383 e. The molecule has 3 nitrogen and oxygen atoms in total. The van der Waals surface area contributed by atoms with Gasteiger partial charge in [-0.3, -0.25) is 0 Å². The fraction of sp³-hybridized carbons (Fsp3) is 0.294. The summed E-state index contributed by atoms with van der Waals surface area (Å²) in [6.07, 6.45) is 1.91. The number of hydrogen-bond donors (Lipinski definition) is 1. The van der Waals surface area contributed by atoms with Crippen LogP contribution in [-0.2, 0) is 6.42 Å². The van der Waals surface area contributed by atoms with Crippen LogP contribution in [0, 0.1) is 25.2 Å². The van der Waals surface area contributed by atoms with Crippen LogP contribution in [0.3, 0.4) is 0 Å². The van der Waals surface area contributed by atoms with Gasteiger partial charge in [-0.2, -0.15) is 5.26 Å². The molecule has 102 valence electrons. The molecule has 0 spiro atoms. The number of nitriles is 1. The highest BCUT2D eigenvalue weighted by atomic mass is 14.8. The van der Waals surface area contributed by atoms with Crippen molar-refractivity contribution in [3.8, 4) is 17.2 Å². The normalized spacial score (nSPS) is 10.3. The van der Waals surface area contributed by atoms with Gasteiger partial charge in [0.05, 0.1) is 0 Å². The first kappa shape index (κ1) is 14.1. The second-order valence-electron chi connectivity index (χ2n) is 4.99. The Morgan fingerprint density at radius 3 is 2.55 bits per heavy atom. The van der Waals surface area contributed by atoms with Gasteiger partial charge in [0.1, 0.15) is 17.5 Å². The molecule has 0 amide bonds. The van der Waals surface area contributed by atoms with Crippen LogP contribution < -0.4 is 5.73 Å². The average molecular weight is 265 g/mol. The van der Waals surface area contributed by atoms with Crippen molar-refractivity contribution >= 4 is 5.82 Å². The molecule has 1 heterocycles. The Bertz CT molecular complexity index is 681. The number of rotatable bonds is 3. The minimum atomic E-state index is 0.322. The van der Waals surface area contributed by atoms with Crippen molar-refractivity contribution in [3.05, 3.63) is 46.6 Å². The zero-order chi connectivity index (χ0) is 14.7. The van der Waals surface area contributed by atoms with Crippen molar-refractivity contribution in [2.24, 2.45) is 0 Å². The van der Waals surface area contributed by atoms with Crippen LogP contribution in [0.2, 0.25) is 0 Å². The molecule has 0 saturated heterocycles. The van der Waals surface area contributed by atoms with Crippen molar-refractivity contribution in [1.82, 2.24) is 4.98 Å². The Balaban J connectivity index is 2.85. The molecule has 0 saturated carbocycles. The Labute approximate surface area is 120 Å². The fourth-order valence-corrected chi connectivity index (χ4v) is 2.58. The molecule has 3 heteroatoms. The zero-order valence-corrected chi connectivity index (χ0v) is 12.2. The lowest BCUT2D eigenvalue weighted by Crippen LogP contribution is -2.06. The molecule has 2 N–H and O–H groups in total. The van der Waals surface area contributed by atoms with E-state index in [1.54, 1.807) is 0 Å². The standard InChI is InChI=1S/C17H19N3/c1-4-7-14-12(3)20-17(19)15(10-18)16(14)13-9-6-5-8-11(13)2/h5-6,8-9H,4,7H2,1-3H3,(H2,19,20). The summed E-state index contributed by atoms with van der Waals surface area (Å²) < 4.78 is 0. The van der Waals surface area contributed by atoms with Gasteiger partial charge in [0.15, 0.2) is 0 Å². The zero-order valence-electron chi connectivity index (χ0n) is 12.2. The molecule has 2 rings (SSSR count). The molecule has 2 aromatic rings. The van der Waals surface area contributed by atoms with E-state index in [0.29, 0.717) is 11.4 Å². The smallest absolute Gasteiger partial charge is 0.142 e. The van der Waals surface area contributed by atoms with E-state index >= 15 is 0 Å². The second-order valence-corrected chi connectivity index (χ2v) is 4.99. The molecule has 0 bridgehead atoms. The number of aryl methyl sites for hydroxylation is 2. The van der Waals surface area contributed by atoms with Crippen LogP contribution in [0.25, 0.3) is 11.1 Å². The number of pyridine rings is 1. The minimum absolute atomic E-state index is 0.322. The summed E-state index contributed by atoms with van der Waals surface area (Å²) in [4.78, 5) is 4.33. The first-order chi connectivity index (χ1) is 9.60. The van der Waals surface area contributed by atoms with Crippen LogP contribution in [0.4, 0.5) is 5.82 Å². The Morgan fingerprint density at radius 1 is 1.25 bits per heavy atom. The van der Waals surface area contributed by atoms with Crippen LogP contribution >= 0.6 is 0 Å². The van der Waals surface area contributed by atoms with Crippen molar-refractivity contribution in [3.63, 3.8) is 0 Å².